The molecule has 0 aliphatic heterocycles. The number of carbonyl (C=O) groups excluding carboxylic acids is 1. The summed E-state index contributed by atoms with van der Waals surface area (Å²) in [7, 11) is 1.84. The van der Waals surface area contributed by atoms with Crippen LogP contribution in [-0.4, -0.2) is 21.2 Å². The number of carbonyl (C=O) groups is 1. The lowest BCUT2D eigenvalue weighted by Crippen LogP contribution is -2.39. The zero-order valence-electron chi connectivity index (χ0n) is 9.61. The molecule has 1 N–H and O–H groups in total. The van der Waals surface area contributed by atoms with Gasteiger partial charge in [0.25, 0.3) is 0 Å². The Balaban J connectivity index is 2.55. The molecule has 0 spiro atoms. The summed E-state index contributed by atoms with van der Waals surface area (Å²) in [6.45, 7) is 5.84. The third kappa shape index (κ3) is 4.44. The van der Waals surface area contributed by atoms with Crippen molar-refractivity contribution >= 4 is 12.0 Å². The Morgan fingerprint density at radius 2 is 2.20 bits per heavy atom. The minimum Gasteiger partial charge on any atom is -0.348 e. The molecular weight excluding hydrogens is 190 g/mol. The fourth-order valence-corrected chi connectivity index (χ4v) is 1.11. The van der Waals surface area contributed by atoms with Crippen molar-refractivity contribution in [2.45, 2.75) is 26.3 Å². The van der Waals surface area contributed by atoms with Crippen LogP contribution in [0.15, 0.2) is 18.5 Å². The third-order valence-corrected chi connectivity index (χ3v) is 1.65. The molecule has 1 amide bonds. The maximum Gasteiger partial charge on any atom is 0.244 e. The van der Waals surface area contributed by atoms with Gasteiger partial charge in [-0.25, -0.2) is 0 Å². The highest BCUT2D eigenvalue weighted by molar-refractivity contribution is 5.92. The fraction of sp³-hybridized carbons (Fsp3) is 0.455. The van der Waals surface area contributed by atoms with Gasteiger partial charge in [0.15, 0.2) is 0 Å². The highest BCUT2D eigenvalue weighted by Gasteiger charge is 2.10. The molecular formula is C11H17N3O. The van der Waals surface area contributed by atoms with E-state index in [1.807, 2.05) is 34.0 Å². The minimum absolute atomic E-state index is 0.0913. The van der Waals surface area contributed by atoms with Crippen molar-refractivity contribution in [3.8, 4) is 0 Å². The summed E-state index contributed by atoms with van der Waals surface area (Å²) >= 11 is 0. The second-order valence-electron chi connectivity index (χ2n) is 4.52. The molecule has 4 heteroatoms. The van der Waals surface area contributed by atoms with Crippen LogP contribution >= 0.6 is 0 Å². The van der Waals surface area contributed by atoms with Gasteiger partial charge in [-0.05, 0) is 26.8 Å². The smallest absolute Gasteiger partial charge is 0.244 e. The largest absolute Gasteiger partial charge is 0.348 e. The van der Waals surface area contributed by atoms with Crippen LogP contribution in [0.25, 0.3) is 6.08 Å². The molecule has 0 aromatic carbocycles. The van der Waals surface area contributed by atoms with Crippen LogP contribution in [0.5, 0.6) is 0 Å². The van der Waals surface area contributed by atoms with Gasteiger partial charge < -0.3 is 5.32 Å². The molecule has 1 aromatic rings. The topological polar surface area (TPSA) is 46.9 Å². The van der Waals surface area contributed by atoms with E-state index in [4.69, 9.17) is 0 Å². The van der Waals surface area contributed by atoms with Crippen molar-refractivity contribution in [2.75, 3.05) is 0 Å². The van der Waals surface area contributed by atoms with Gasteiger partial charge in [-0.2, -0.15) is 5.10 Å². The molecule has 0 unspecified atom stereocenters. The first-order valence-electron chi connectivity index (χ1n) is 4.86. The van der Waals surface area contributed by atoms with Gasteiger partial charge >= 0.3 is 0 Å². The first-order chi connectivity index (χ1) is 6.87. The molecule has 0 aliphatic carbocycles. The molecule has 0 saturated heterocycles. The number of nitrogens with one attached hydrogen (secondary N) is 1. The van der Waals surface area contributed by atoms with E-state index in [1.54, 1.807) is 17.0 Å². The summed E-state index contributed by atoms with van der Waals surface area (Å²) in [5.74, 6) is -0.0913. The average Bonchev–Trinajstić information content (AvgIpc) is 2.45. The van der Waals surface area contributed by atoms with Crippen molar-refractivity contribution in [1.82, 2.24) is 15.1 Å². The summed E-state index contributed by atoms with van der Waals surface area (Å²) in [4.78, 5) is 11.4. The number of aryl methyl sites for hydroxylation is 1. The number of rotatable bonds is 2. The lowest BCUT2D eigenvalue weighted by Gasteiger charge is -2.18. The molecule has 82 valence electrons. The Bertz CT molecular complexity index is 371. The summed E-state index contributed by atoms with van der Waals surface area (Å²) < 4.78 is 1.70. The molecule has 0 atom stereocenters. The van der Waals surface area contributed by atoms with Crippen LogP contribution in [0.2, 0.25) is 0 Å². The number of hydrogen-bond donors (Lipinski definition) is 1. The van der Waals surface area contributed by atoms with E-state index in [0.717, 1.165) is 5.56 Å². The van der Waals surface area contributed by atoms with Gasteiger partial charge in [-0.15, -0.1) is 0 Å². The van der Waals surface area contributed by atoms with Crippen LogP contribution in [0.4, 0.5) is 0 Å². The quantitative estimate of drug-likeness (QED) is 0.744. The van der Waals surface area contributed by atoms with Crippen LogP contribution in [0.1, 0.15) is 26.3 Å². The van der Waals surface area contributed by atoms with Crippen LogP contribution in [-0.2, 0) is 11.8 Å². The molecule has 1 rings (SSSR count). The Kier molecular flexibility index (Phi) is 3.29. The van der Waals surface area contributed by atoms with Crippen molar-refractivity contribution < 1.29 is 4.79 Å². The number of nitrogens with zero attached hydrogens (tertiary/aromatic N) is 2. The molecule has 15 heavy (non-hydrogen) atoms. The maximum absolute atomic E-state index is 11.4. The standard InChI is InChI=1S/C11H17N3O/c1-11(2,3)13-10(15)6-5-9-7-12-14(4)8-9/h5-8H,1-4H3,(H,13,15)/b6-5-. The zero-order chi connectivity index (χ0) is 11.5. The Hall–Kier alpha value is -1.58. The molecule has 4 nitrogen and oxygen atoms in total. The molecule has 1 heterocycles. The monoisotopic (exact) mass is 207 g/mol. The van der Waals surface area contributed by atoms with Gasteiger partial charge in [-0.1, -0.05) is 0 Å². The molecule has 0 saturated carbocycles. The average molecular weight is 207 g/mol. The maximum atomic E-state index is 11.4. The predicted molar refractivity (Wildman–Crippen MR) is 60.1 cm³/mol. The van der Waals surface area contributed by atoms with E-state index in [1.165, 1.54) is 6.08 Å². The SMILES string of the molecule is Cn1cc(/C=C\C(=O)NC(C)(C)C)cn1. The highest BCUT2D eigenvalue weighted by Crippen LogP contribution is 2.01. The molecule has 0 radical (unpaired) electrons. The highest BCUT2D eigenvalue weighted by atomic mass is 16.1. The predicted octanol–water partition coefficient (Wildman–Crippen LogP) is 1.35. The van der Waals surface area contributed by atoms with Gasteiger partial charge in [0, 0.05) is 30.4 Å². The molecule has 0 bridgehead atoms. The van der Waals surface area contributed by atoms with E-state index in [0.29, 0.717) is 0 Å². The van der Waals surface area contributed by atoms with Crippen LogP contribution in [0, 0.1) is 0 Å². The molecule has 0 fully saturated rings. The first kappa shape index (κ1) is 11.5. The van der Waals surface area contributed by atoms with Crippen molar-refractivity contribution in [2.24, 2.45) is 7.05 Å². The normalized spacial score (nSPS) is 12.0. The van der Waals surface area contributed by atoms with Crippen LogP contribution in [0.3, 0.4) is 0 Å². The summed E-state index contributed by atoms with van der Waals surface area (Å²) in [6.07, 6.45) is 6.82. The number of amides is 1. The third-order valence-electron chi connectivity index (χ3n) is 1.65. The lowest BCUT2D eigenvalue weighted by molar-refractivity contribution is -0.117. The second kappa shape index (κ2) is 4.29. The van der Waals surface area contributed by atoms with Crippen molar-refractivity contribution in [3.63, 3.8) is 0 Å². The van der Waals surface area contributed by atoms with E-state index >= 15 is 0 Å². The second-order valence-corrected chi connectivity index (χ2v) is 4.52. The van der Waals surface area contributed by atoms with Crippen molar-refractivity contribution in [3.05, 3.63) is 24.0 Å². The first-order valence-corrected chi connectivity index (χ1v) is 4.86. The van der Waals surface area contributed by atoms with E-state index < -0.39 is 0 Å². The summed E-state index contributed by atoms with van der Waals surface area (Å²) in [6, 6.07) is 0. The van der Waals surface area contributed by atoms with E-state index in [9.17, 15) is 4.79 Å². The van der Waals surface area contributed by atoms with Gasteiger partial charge in [0.1, 0.15) is 0 Å². The summed E-state index contributed by atoms with van der Waals surface area (Å²) in [5.41, 5.74) is 0.720. The van der Waals surface area contributed by atoms with E-state index in [-0.39, 0.29) is 11.4 Å². The molecule has 1 aromatic heterocycles. The zero-order valence-corrected chi connectivity index (χ0v) is 9.61. The van der Waals surface area contributed by atoms with Crippen molar-refractivity contribution in [1.29, 1.82) is 0 Å². The molecule has 0 aliphatic rings. The minimum atomic E-state index is -0.198. The van der Waals surface area contributed by atoms with Gasteiger partial charge in [-0.3, -0.25) is 9.48 Å². The Morgan fingerprint density at radius 3 is 2.67 bits per heavy atom. The Labute approximate surface area is 90.0 Å². The van der Waals surface area contributed by atoms with E-state index in [2.05, 4.69) is 10.4 Å². The summed E-state index contributed by atoms with van der Waals surface area (Å²) in [5, 5.41) is 6.85. The number of hydrogen-bond acceptors (Lipinski definition) is 2. The van der Waals surface area contributed by atoms with Gasteiger partial charge in [0.05, 0.1) is 6.20 Å². The van der Waals surface area contributed by atoms with Crippen LogP contribution < -0.4 is 5.32 Å². The fourth-order valence-electron chi connectivity index (χ4n) is 1.11. The lowest BCUT2D eigenvalue weighted by atomic mass is 10.1. The van der Waals surface area contributed by atoms with Gasteiger partial charge in [0.2, 0.25) is 5.91 Å². The Morgan fingerprint density at radius 1 is 1.53 bits per heavy atom. The number of aromatic nitrogens is 2.